The molecule has 1 aromatic carbocycles. The number of aliphatic hydroxyl groups is 1. The van der Waals surface area contributed by atoms with Crippen LogP contribution in [0.4, 0.5) is 0 Å². The van der Waals surface area contributed by atoms with E-state index in [-0.39, 0.29) is 24.3 Å². The second kappa shape index (κ2) is 17.1. The number of aliphatic hydroxyl groups excluding tert-OH is 1. The summed E-state index contributed by atoms with van der Waals surface area (Å²) in [6, 6.07) is 3.23. The van der Waals surface area contributed by atoms with Gasteiger partial charge >= 0.3 is 5.97 Å². The smallest absolute Gasteiger partial charge is 0.328 e. The average molecular weight is 542 g/mol. The number of amides is 2. The van der Waals surface area contributed by atoms with Gasteiger partial charge in [-0.15, -0.1) is 0 Å². The second-order valence-corrected chi connectivity index (χ2v) is 10.9. The maximum atomic E-state index is 13.3. The maximum Gasteiger partial charge on any atom is 0.328 e. The number of unbranched alkanes of at least 4 members (excludes halogenated alkanes) is 4. The lowest BCUT2D eigenvalue weighted by Gasteiger charge is -2.31. The first-order chi connectivity index (χ1) is 17.5. The minimum atomic E-state index is -1.49. The average Bonchev–Trinajstić information content (AvgIpc) is 2.87. The number of hydrogen-bond acceptors (Lipinski definition) is 8. The number of aromatic hydroxyl groups is 1. The van der Waals surface area contributed by atoms with E-state index in [9.17, 15) is 28.8 Å². The number of carbonyl (C=O) groups excluding carboxylic acids is 3. The molecule has 0 aliphatic rings. The highest BCUT2D eigenvalue weighted by Crippen LogP contribution is 2.15. The van der Waals surface area contributed by atoms with Gasteiger partial charge in [0.05, 0.1) is 7.11 Å². The maximum absolute atomic E-state index is 13.3. The largest absolute Gasteiger partial charge is 0.508 e. The van der Waals surface area contributed by atoms with E-state index in [1.54, 1.807) is 12.1 Å². The van der Waals surface area contributed by atoms with Crippen LogP contribution < -0.4 is 11.1 Å². The SMILES string of the molecule is CCCCCCC[C@H](N)[C@H](O)C(=O)N(C)[C@@H](CCS(C)=O)C(=O)N[C@@H](Cc1ccc(O)cc1)C(=O)OC. The molecule has 2 amide bonds. The Hall–Kier alpha value is -2.50. The summed E-state index contributed by atoms with van der Waals surface area (Å²) in [7, 11) is 1.35. The quantitative estimate of drug-likeness (QED) is 0.169. The molecule has 0 heterocycles. The van der Waals surface area contributed by atoms with Gasteiger partial charge in [-0.3, -0.25) is 13.8 Å². The molecule has 1 rings (SSSR count). The summed E-state index contributed by atoms with van der Waals surface area (Å²) in [5.74, 6) is -1.84. The lowest BCUT2D eigenvalue weighted by atomic mass is 10.0. The van der Waals surface area contributed by atoms with Crippen molar-refractivity contribution in [2.45, 2.75) is 82.5 Å². The molecule has 210 valence electrons. The molecule has 0 aromatic heterocycles. The number of benzene rings is 1. The van der Waals surface area contributed by atoms with Gasteiger partial charge in [0.25, 0.3) is 5.91 Å². The zero-order valence-corrected chi connectivity index (χ0v) is 23.2. The number of likely N-dealkylation sites (N-methyl/N-ethyl adjacent to an activating group) is 1. The summed E-state index contributed by atoms with van der Waals surface area (Å²) in [6.45, 7) is 2.12. The van der Waals surface area contributed by atoms with Crippen LogP contribution in [0.15, 0.2) is 24.3 Å². The Morgan fingerprint density at radius 2 is 1.73 bits per heavy atom. The number of phenolic OH excluding ortho intramolecular Hbond substituents is 1. The molecule has 0 aliphatic heterocycles. The monoisotopic (exact) mass is 541 g/mol. The van der Waals surface area contributed by atoms with Crippen molar-refractivity contribution in [2.24, 2.45) is 5.73 Å². The van der Waals surface area contributed by atoms with Crippen LogP contribution in [0.1, 0.15) is 57.4 Å². The molecule has 1 unspecified atom stereocenters. The highest BCUT2D eigenvalue weighted by molar-refractivity contribution is 7.84. The molecule has 1 aromatic rings. The van der Waals surface area contributed by atoms with Crippen LogP contribution in [0.3, 0.4) is 0 Å². The first-order valence-corrected chi connectivity index (χ1v) is 14.4. The predicted octanol–water partition coefficient (Wildman–Crippen LogP) is 1.24. The Morgan fingerprint density at radius 1 is 1.11 bits per heavy atom. The number of nitrogens with zero attached hydrogens (tertiary/aromatic N) is 1. The predicted molar refractivity (Wildman–Crippen MR) is 143 cm³/mol. The fourth-order valence-electron chi connectivity index (χ4n) is 3.94. The van der Waals surface area contributed by atoms with Crippen LogP contribution in [-0.4, -0.2) is 87.5 Å². The topological polar surface area (TPSA) is 159 Å². The zero-order chi connectivity index (χ0) is 28.0. The van der Waals surface area contributed by atoms with Crippen LogP contribution in [0.2, 0.25) is 0 Å². The molecule has 0 bridgehead atoms. The number of hydrogen-bond donors (Lipinski definition) is 4. The van der Waals surface area contributed by atoms with E-state index in [0.717, 1.165) is 37.0 Å². The van der Waals surface area contributed by atoms with Crippen LogP contribution in [0.5, 0.6) is 5.75 Å². The third-order valence-electron chi connectivity index (χ3n) is 6.27. The van der Waals surface area contributed by atoms with Crippen LogP contribution in [0.25, 0.3) is 0 Å². The Labute approximate surface area is 222 Å². The second-order valence-electron chi connectivity index (χ2n) is 9.30. The molecule has 0 fully saturated rings. The molecular formula is C26H43N3O7S. The number of carbonyl (C=O) groups is 3. The summed E-state index contributed by atoms with van der Waals surface area (Å²) in [4.78, 5) is 39.8. The molecule has 0 aliphatic carbocycles. The lowest BCUT2D eigenvalue weighted by Crippen LogP contribution is -2.56. The Morgan fingerprint density at radius 3 is 2.30 bits per heavy atom. The third-order valence-corrected chi connectivity index (χ3v) is 7.09. The highest BCUT2D eigenvalue weighted by atomic mass is 32.2. The van der Waals surface area contributed by atoms with Crippen molar-refractivity contribution in [1.29, 1.82) is 0 Å². The van der Waals surface area contributed by atoms with Crippen molar-refractivity contribution >= 4 is 28.6 Å². The highest BCUT2D eigenvalue weighted by Gasteiger charge is 2.34. The van der Waals surface area contributed by atoms with E-state index in [2.05, 4.69) is 12.2 Å². The lowest BCUT2D eigenvalue weighted by molar-refractivity contribution is -0.149. The van der Waals surface area contributed by atoms with Gasteiger partial charge in [0, 0.05) is 42.3 Å². The number of nitrogens with two attached hydrogens (primary N) is 1. The van der Waals surface area contributed by atoms with Crippen molar-refractivity contribution in [1.82, 2.24) is 10.2 Å². The molecule has 5 N–H and O–H groups in total. The van der Waals surface area contributed by atoms with E-state index >= 15 is 0 Å². The number of methoxy groups -OCH3 is 1. The van der Waals surface area contributed by atoms with Crippen LogP contribution >= 0.6 is 0 Å². The van der Waals surface area contributed by atoms with Gasteiger partial charge in [0.15, 0.2) is 0 Å². The van der Waals surface area contributed by atoms with Crippen LogP contribution in [-0.2, 0) is 36.3 Å². The minimum absolute atomic E-state index is 0.0588. The Balaban J connectivity index is 2.96. The van der Waals surface area contributed by atoms with E-state index in [0.29, 0.717) is 12.0 Å². The molecule has 0 spiro atoms. The van der Waals surface area contributed by atoms with E-state index in [4.69, 9.17) is 10.5 Å². The van der Waals surface area contributed by atoms with Crippen molar-refractivity contribution in [3.05, 3.63) is 29.8 Å². The summed E-state index contributed by atoms with van der Waals surface area (Å²) in [5.41, 5.74) is 6.75. The molecule has 10 nitrogen and oxygen atoms in total. The fraction of sp³-hybridized carbons (Fsp3) is 0.654. The van der Waals surface area contributed by atoms with E-state index in [1.165, 1.54) is 32.5 Å². The minimum Gasteiger partial charge on any atom is -0.508 e. The summed E-state index contributed by atoms with van der Waals surface area (Å²) < 4.78 is 16.6. The number of phenols is 1. The van der Waals surface area contributed by atoms with Crippen molar-refractivity contribution < 1.29 is 33.5 Å². The molecule has 0 saturated carbocycles. The van der Waals surface area contributed by atoms with Gasteiger partial charge in [0.1, 0.15) is 23.9 Å². The molecule has 11 heteroatoms. The van der Waals surface area contributed by atoms with E-state index in [1.807, 2.05) is 0 Å². The summed E-state index contributed by atoms with van der Waals surface area (Å²) in [5, 5.41) is 22.7. The van der Waals surface area contributed by atoms with Gasteiger partial charge in [0.2, 0.25) is 5.91 Å². The van der Waals surface area contributed by atoms with Gasteiger partial charge in [-0.05, 0) is 30.5 Å². The normalized spacial score (nSPS) is 15.2. The Kier molecular flexibility index (Phi) is 15.0. The van der Waals surface area contributed by atoms with Gasteiger partial charge in [-0.25, -0.2) is 4.79 Å². The van der Waals surface area contributed by atoms with Crippen molar-refractivity contribution in [3.63, 3.8) is 0 Å². The first-order valence-electron chi connectivity index (χ1n) is 12.7. The summed E-state index contributed by atoms with van der Waals surface area (Å²) in [6.07, 6.45) is 5.65. The number of nitrogens with one attached hydrogen (secondary N) is 1. The molecular weight excluding hydrogens is 498 g/mol. The third kappa shape index (κ3) is 11.6. The van der Waals surface area contributed by atoms with Gasteiger partial charge in [-0.2, -0.15) is 0 Å². The Bertz CT molecular complexity index is 881. The summed E-state index contributed by atoms with van der Waals surface area (Å²) >= 11 is 0. The van der Waals surface area contributed by atoms with Gasteiger partial charge < -0.3 is 30.9 Å². The number of rotatable bonds is 17. The standard InChI is InChI=1S/C26H43N3O7S/c1-5-6-7-8-9-10-20(27)23(31)25(33)29(2)22(15-16-37(4)35)24(32)28-21(26(34)36-3)17-18-11-13-19(30)14-12-18/h11-14,20-23,30-31H,5-10,15-17,27H2,1-4H3,(H,28,32)/t20-,21-,22-,23-,37?/m0/s1. The number of ether oxygens (including phenoxy) is 1. The van der Waals surface area contributed by atoms with Crippen molar-refractivity contribution in [3.8, 4) is 5.75 Å². The first kappa shape index (κ1) is 32.5. The number of esters is 1. The molecule has 0 saturated heterocycles. The molecule has 37 heavy (non-hydrogen) atoms. The fourth-order valence-corrected chi connectivity index (χ4v) is 4.49. The van der Waals surface area contributed by atoms with Crippen LogP contribution in [0, 0.1) is 0 Å². The van der Waals surface area contributed by atoms with Gasteiger partial charge in [-0.1, -0.05) is 51.2 Å². The van der Waals surface area contributed by atoms with Crippen molar-refractivity contribution in [2.75, 3.05) is 26.2 Å². The molecule has 0 radical (unpaired) electrons. The van der Waals surface area contributed by atoms with E-state index < -0.39 is 52.8 Å². The molecule has 5 atom stereocenters. The zero-order valence-electron chi connectivity index (χ0n) is 22.4.